The van der Waals surface area contributed by atoms with Crippen LogP contribution in [-0.4, -0.2) is 46.0 Å². The van der Waals surface area contributed by atoms with Gasteiger partial charge in [-0.05, 0) is 57.5 Å². The molecular formula is C18H24ClN3O2. The zero-order chi connectivity index (χ0) is 17.1. The highest BCUT2D eigenvalue weighted by atomic mass is 35.5. The molecule has 1 saturated heterocycles. The molecule has 0 saturated carbocycles. The fourth-order valence-electron chi connectivity index (χ4n) is 3.47. The van der Waals surface area contributed by atoms with Crippen molar-refractivity contribution in [3.05, 3.63) is 46.2 Å². The van der Waals surface area contributed by atoms with E-state index in [-0.39, 0.29) is 6.61 Å². The van der Waals surface area contributed by atoms with Crippen molar-refractivity contribution in [1.29, 1.82) is 0 Å². The molecular weight excluding hydrogens is 326 g/mol. The number of H-pyrrole nitrogens is 1. The van der Waals surface area contributed by atoms with Gasteiger partial charge in [0.25, 0.3) is 0 Å². The van der Waals surface area contributed by atoms with E-state index in [9.17, 15) is 5.11 Å². The van der Waals surface area contributed by atoms with Crippen molar-refractivity contribution in [1.82, 2.24) is 15.1 Å². The zero-order valence-corrected chi connectivity index (χ0v) is 14.9. The van der Waals surface area contributed by atoms with E-state index in [1.165, 1.54) is 5.56 Å². The summed E-state index contributed by atoms with van der Waals surface area (Å²) >= 11 is 5.86. The summed E-state index contributed by atoms with van der Waals surface area (Å²) in [7, 11) is 0. The molecule has 1 aromatic carbocycles. The number of ether oxygens (including phenoxy) is 1. The Balaban J connectivity index is 1.57. The number of aryl methyl sites for hydroxylation is 2. The highest BCUT2D eigenvalue weighted by Crippen LogP contribution is 2.34. The molecule has 1 fully saturated rings. The van der Waals surface area contributed by atoms with Crippen LogP contribution in [0.5, 0.6) is 5.75 Å². The van der Waals surface area contributed by atoms with Gasteiger partial charge in [-0.2, -0.15) is 5.10 Å². The summed E-state index contributed by atoms with van der Waals surface area (Å²) in [6.07, 6.45) is 1.71. The number of hydrogen-bond acceptors (Lipinski definition) is 4. The number of hydrogen-bond donors (Lipinski definition) is 2. The van der Waals surface area contributed by atoms with Crippen molar-refractivity contribution in [2.75, 3.05) is 19.7 Å². The lowest BCUT2D eigenvalue weighted by atomic mass is 10.0. The number of aromatic amines is 1. The predicted octanol–water partition coefficient (Wildman–Crippen LogP) is 3.26. The van der Waals surface area contributed by atoms with Crippen molar-refractivity contribution in [2.24, 2.45) is 0 Å². The minimum absolute atomic E-state index is 0.272. The molecule has 130 valence electrons. The molecule has 1 aromatic heterocycles. The first-order chi connectivity index (χ1) is 11.5. The molecule has 2 N–H and O–H groups in total. The van der Waals surface area contributed by atoms with Crippen LogP contribution in [0.15, 0.2) is 24.3 Å². The molecule has 2 atom stereocenters. The third kappa shape index (κ3) is 3.91. The summed E-state index contributed by atoms with van der Waals surface area (Å²) in [5, 5.41) is 18.4. The fraction of sp³-hybridized carbons (Fsp3) is 0.500. The van der Waals surface area contributed by atoms with Crippen molar-refractivity contribution in [3.63, 3.8) is 0 Å². The van der Waals surface area contributed by atoms with E-state index < -0.39 is 6.10 Å². The number of benzene rings is 1. The summed E-state index contributed by atoms with van der Waals surface area (Å²) in [4.78, 5) is 2.33. The lowest BCUT2D eigenvalue weighted by Crippen LogP contribution is -2.35. The van der Waals surface area contributed by atoms with Gasteiger partial charge in [0, 0.05) is 28.9 Å². The van der Waals surface area contributed by atoms with Gasteiger partial charge in [-0.1, -0.05) is 11.6 Å². The van der Waals surface area contributed by atoms with E-state index in [1.54, 1.807) is 12.1 Å². The summed E-state index contributed by atoms with van der Waals surface area (Å²) in [5.74, 6) is 0.720. The molecule has 3 rings (SSSR count). The Labute approximate surface area is 147 Å². The largest absolute Gasteiger partial charge is 0.491 e. The number of nitrogens with zero attached hydrogens (tertiary/aromatic N) is 2. The van der Waals surface area contributed by atoms with Gasteiger partial charge in [-0.15, -0.1) is 0 Å². The minimum Gasteiger partial charge on any atom is -0.491 e. The second kappa shape index (κ2) is 7.55. The van der Waals surface area contributed by atoms with E-state index in [1.807, 2.05) is 19.1 Å². The monoisotopic (exact) mass is 349 g/mol. The third-order valence-electron chi connectivity index (χ3n) is 4.58. The van der Waals surface area contributed by atoms with Gasteiger partial charge >= 0.3 is 0 Å². The van der Waals surface area contributed by atoms with E-state index >= 15 is 0 Å². The molecule has 1 aliphatic heterocycles. The molecule has 5 nitrogen and oxygen atoms in total. The number of aromatic nitrogens is 2. The Morgan fingerprint density at radius 2 is 2.12 bits per heavy atom. The molecule has 0 bridgehead atoms. The summed E-state index contributed by atoms with van der Waals surface area (Å²) < 4.78 is 5.65. The predicted molar refractivity (Wildman–Crippen MR) is 94.6 cm³/mol. The smallest absolute Gasteiger partial charge is 0.119 e. The average molecular weight is 350 g/mol. The van der Waals surface area contributed by atoms with Crippen LogP contribution in [0.3, 0.4) is 0 Å². The van der Waals surface area contributed by atoms with Crippen molar-refractivity contribution >= 4 is 11.6 Å². The lowest BCUT2D eigenvalue weighted by Gasteiger charge is -2.27. The Kier molecular flexibility index (Phi) is 5.43. The maximum absolute atomic E-state index is 10.4. The van der Waals surface area contributed by atoms with Crippen LogP contribution in [-0.2, 0) is 0 Å². The third-order valence-corrected chi connectivity index (χ3v) is 4.84. The second-order valence-electron chi connectivity index (χ2n) is 6.42. The first-order valence-corrected chi connectivity index (χ1v) is 8.74. The molecule has 24 heavy (non-hydrogen) atoms. The Morgan fingerprint density at radius 3 is 2.79 bits per heavy atom. The normalized spacial score (nSPS) is 19.6. The maximum atomic E-state index is 10.4. The quantitative estimate of drug-likeness (QED) is 0.840. The van der Waals surface area contributed by atoms with Crippen molar-refractivity contribution in [2.45, 2.75) is 38.8 Å². The van der Waals surface area contributed by atoms with Crippen LogP contribution in [0.4, 0.5) is 0 Å². The van der Waals surface area contributed by atoms with Gasteiger partial charge in [-0.25, -0.2) is 0 Å². The first-order valence-electron chi connectivity index (χ1n) is 8.36. The van der Waals surface area contributed by atoms with Gasteiger partial charge < -0.3 is 9.84 Å². The van der Waals surface area contributed by atoms with Crippen molar-refractivity contribution in [3.8, 4) is 5.75 Å². The van der Waals surface area contributed by atoms with E-state index in [4.69, 9.17) is 16.3 Å². The number of aliphatic hydroxyl groups excluding tert-OH is 1. The zero-order valence-electron chi connectivity index (χ0n) is 14.1. The molecule has 6 heteroatoms. The molecule has 0 spiro atoms. The average Bonchev–Trinajstić information content (AvgIpc) is 3.13. The highest BCUT2D eigenvalue weighted by Gasteiger charge is 2.30. The van der Waals surface area contributed by atoms with E-state index in [0.29, 0.717) is 17.6 Å². The first kappa shape index (κ1) is 17.3. The van der Waals surface area contributed by atoms with E-state index in [0.717, 1.165) is 36.5 Å². The molecule has 0 radical (unpaired) electrons. The molecule has 0 amide bonds. The molecule has 2 aromatic rings. The lowest BCUT2D eigenvalue weighted by molar-refractivity contribution is 0.0637. The van der Waals surface area contributed by atoms with Gasteiger partial charge in [0.2, 0.25) is 0 Å². The number of β-amino-alcohol motifs (C(OH)–C–C–N with tert-alkyl or cyclic N) is 1. The minimum atomic E-state index is -0.534. The Morgan fingerprint density at radius 1 is 1.38 bits per heavy atom. The number of nitrogens with one attached hydrogen (secondary N) is 1. The molecule has 0 aliphatic carbocycles. The molecule has 1 aliphatic rings. The van der Waals surface area contributed by atoms with Gasteiger partial charge in [0.05, 0.1) is 5.69 Å². The van der Waals surface area contributed by atoms with Crippen molar-refractivity contribution < 1.29 is 9.84 Å². The fourth-order valence-corrected chi connectivity index (χ4v) is 3.59. The van der Waals surface area contributed by atoms with Gasteiger partial charge in [0.15, 0.2) is 0 Å². The second-order valence-corrected chi connectivity index (χ2v) is 6.86. The number of likely N-dealkylation sites (tertiary alicyclic amines) is 1. The molecule has 2 unspecified atom stereocenters. The Hall–Kier alpha value is -1.56. The van der Waals surface area contributed by atoms with Gasteiger partial charge in [0.1, 0.15) is 18.5 Å². The van der Waals surface area contributed by atoms with Crippen LogP contribution in [0.1, 0.15) is 35.8 Å². The van der Waals surface area contributed by atoms with E-state index in [2.05, 4.69) is 22.0 Å². The number of rotatable bonds is 6. The SMILES string of the molecule is Cc1n[nH]c(C)c1C1CCCN1CC(O)COc1ccc(Cl)cc1. The van der Waals surface area contributed by atoms with Gasteiger partial charge in [-0.3, -0.25) is 10.00 Å². The number of halogens is 1. The Bertz CT molecular complexity index is 652. The van der Waals surface area contributed by atoms with Crippen LogP contribution in [0.2, 0.25) is 5.02 Å². The summed E-state index contributed by atoms with van der Waals surface area (Å²) in [5.41, 5.74) is 3.45. The topological polar surface area (TPSA) is 61.4 Å². The van der Waals surface area contributed by atoms with Crippen LogP contribution in [0, 0.1) is 13.8 Å². The maximum Gasteiger partial charge on any atom is 0.119 e. The number of aliphatic hydroxyl groups is 1. The summed E-state index contributed by atoms with van der Waals surface area (Å²) in [6, 6.07) is 7.51. The van der Waals surface area contributed by atoms with Crippen LogP contribution in [0.25, 0.3) is 0 Å². The van der Waals surface area contributed by atoms with Crippen LogP contribution < -0.4 is 4.74 Å². The van der Waals surface area contributed by atoms with Crippen LogP contribution >= 0.6 is 11.6 Å². The molecule has 2 heterocycles. The standard InChI is InChI=1S/C18H24ClN3O2/c1-12-18(13(2)21-20-12)17-4-3-9-22(17)10-15(23)11-24-16-7-5-14(19)6-8-16/h5-8,15,17,23H,3-4,9-11H2,1-2H3,(H,20,21). The summed E-state index contributed by atoms with van der Waals surface area (Å²) in [6.45, 7) is 5.96. The highest BCUT2D eigenvalue weighted by molar-refractivity contribution is 6.30.